The predicted octanol–water partition coefficient (Wildman–Crippen LogP) is 4.63. The largest absolute Gasteiger partial charge is 0.391 e. The molecule has 3 rings (SSSR count). The molecule has 2 N–H and O–H groups in total. The van der Waals surface area contributed by atoms with Gasteiger partial charge in [-0.2, -0.15) is 4.98 Å². The molecule has 3 aromatic rings. The van der Waals surface area contributed by atoms with Crippen LogP contribution >= 0.6 is 34.7 Å². The van der Waals surface area contributed by atoms with Crippen molar-refractivity contribution in [1.29, 1.82) is 0 Å². The third-order valence-corrected chi connectivity index (χ3v) is 5.10. The van der Waals surface area contributed by atoms with Gasteiger partial charge >= 0.3 is 0 Å². The zero-order valence-corrected chi connectivity index (χ0v) is 13.6. The Hall–Kier alpha value is -1.50. The molecule has 0 radical (unpaired) electrons. The number of rotatable bonds is 4. The van der Waals surface area contributed by atoms with E-state index in [0.29, 0.717) is 17.5 Å². The molecule has 0 spiro atoms. The predicted molar refractivity (Wildman–Crippen MR) is 87.8 cm³/mol. The van der Waals surface area contributed by atoms with E-state index in [4.69, 9.17) is 21.9 Å². The maximum absolute atomic E-state index is 5.86. The van der Waals surface area contributed by atoms with Crippen LogP contribution in [0.15, 0.2) is 39.8 Å². The van der Waals surface area contributed by atoms with Crippen molar-refractivity contribution in [3.8, 4) is 10.8 Å². The molecule has 0 aliphatic carbocycles. The third-order valence-electron chi connectivity index (χ3n) is 2.78. The number of nitrogen functional groups attached to an aromatic ring is 1. The number of nitrogens with zero attached hydrogens (tertiary/aromatic N) is 2. The van der Waals surface area contributed by atoms with Crippen molar-refractivity contribution in [2.75, 3.05) is 5.73 Å². The summed E-state index contributed by atoms with van der Waals surface area (Å²) in [5.41, 5.74) is 6.84. The van der Waals surface area contributed by atoms with Gasteiger partial charge in [0, 0.05) is 9.92 Å². The van der Waals surface area contributed by atoms with Gasteiger partial charge in [0.25, 0.3) is 5.89 Å². The normalized spacial score (nSPS) is 11.0. The summed E-state index contributed by atoms with van der Waals surface area (Å²) in [5.74, 6) is 1.84. The number of benzene rings is 1. The van der Waals surface area contributed by atoms with E-state index >= 15 is 0 Å². The third kappa shape index (κ3) is 3.40. The zero-order valence-electron chi connectivity index (χ0n) is 11.2. The lowest BCUT2D eigenvalue weighted by atomic mass is 10.3. The first-order chi connectivity index (χ1) is 10.1. The number of thiophene rings is 1. The topological polar surface area (TPSA) is 64.9 Å². The van der Waals surface area contributed by atoms with Gasteiger partial charge in [0.15, 0.2) is 5.82 Å². The average molecular weight is 338 g/mol. The Morgan fingerprint density at radius 2 is 2.10 bits per heavy atom. The van der Waals surface area contributed by atoms with E-state index in [1.54, 1.807) is 11.8 Å². The molecule has 0 amide bonds. The van der Waals surface area contributed by atoms with Crippen LogP contribution in [0.4, 0.5) is 5.00 Å². The molecule has 0 aliphatic heterocycles. The van der Waals surface area contributed by atoms with Crippen LogP contribution in [-0.2, 0) is 5.75 Å². The first kappa shape index (κ1) is 14.4. The molecule has 0 atom stereocenters. The number of hydrogen-bond donors (Lipinski definition) is 1. The fourth-order valence-corrected chi connectivity index (χ4v) is 3.53. The summed E-state index contributed by atoms with van der Waals surface area (Å²) in [7, 11) is 0. The highest BCUT2D eigenvalue weighted by molar-refractivity contribution is 7.98. The second-order valence-corrected chi connectivity index (χ2v) is 6.99. The molecule has 2 heterocycles. The van der Waals surface area contributed by atoms with Crippen LogP contribution < -0.4 is 5.73 Å². The zero-order chi connectivity index (χ0) is 14.8. The summed E-state index contributed by atoms with van der Waals surface area (Å²) in [4.78, 5) is 6.46. The van der Waals surface area contributed by atoms with Crippen LogP contribution in [0.3, 0.4) is 0 Å². The summed E-state index contributed by atoms with van der Waals surface area (Å²) in [6.07, 6.45) is 0. The Kier molecular flexibility index (Phi) is 4.19. The van der Waals surface area contributed by atoms with Gasteiger partial charge in [0.2, 0.25) is 0 Å². The van der Waals surface area contributed by atoms with Gasteiger partial charge in [-0.15, -0.1) is 23.1 Å². The molecule has 0 saturated carbocycles. The Morgan fingerprint density at radius 1 is 1.33 bits per heavy atom. The quantitative estimate of drug-likeness (QED) is 0.703. The molecular weight excluding hydrogens is 326 g/mol. The van der Waals surface area contributed by atoms with Crippen molar-refractivity contribution in [1.82, 2.24) is 10.1 Å². The van der Waals surface area contributed by atoms with Crippen LogP contribution in [0.5, 0.6) is 0 Å². The standard InChI is InChI=1S/C14H12ClN3OS2/c1-8-6-11(16)21-13(8)14-17-12(18-19-14)7-20-10-4-2-9(15)3-5-10/h2-6H,7,16H2,1H3. The fraction of sp³-hybridized carbons (Fsp3) is 0.143. The smallest absolute Gasteiger partial charge is 0.268 e. The highest BCUT2D eigenvalue weighted by atomic mass is 35.5. The molecule has 4 nitrogen and oxygen atoms in total. The lowest BCUT2D eigenvalue weighted by Gasteiger charge is -1.97. The van der Waals surface area contributed by atoms with Gasteiger partial charge in [-0.1, -0.05) is 16.8 Å². The molecule has 108 valence electrons. The maximum Gasteiger partial charge on any atom is 0.268 e. The summed E-state index contributed by atoms with van der Waals surface area (Å²) in [6.45, 7) is 1.98. The molecule has 0 unspecified atom stereocenters. The lowest BCUT2D eigenvalue weighted by Crippen LogP contribution is -1.84. The average Bonchev–Trinajstić information content (AvgIpc) is 3.04. The number of aromatic nitrogens is 2. The Bertz CT molecular complexity index is 752. The Balaban J connectivity index is 1.70. The van der Waals surface area contributed by atoms with E-state index in [2.05, 4.69) is 10.1 Å². The number of hydrogen-bond acceptors (Lipinski definition) is 6. The highest BCUT2D eigenvalue weighted by Gasteiger charge is 2.14. The Morgan fingerprint density at radius 3 is 2.76 bits per heavy atom. The molecule has 21 heavy (non-hydrogen) atoms. The monoisotopic (exact) mass is 337 g/mol. The minimum absolute atomic E-state index is 0.529. The maximum atomic E-state index is 5.86. The van der Waals surface area contributed by atoms with Gasteiger partial charge in [-0.3, -0.25) is 0 Å². The van der Waals surface area contributed by atoms with Crippen LogP contribution in [0.2, 0.25) is 5.02 Å². The fourth-order valence-electron chi connectivity index (χ4n) is 1.80. The van der Waals surface area contributed by atoms with E-state index < -0.39 is 0 Å². The minimum atomic E-state index is 0.529. The van der Waals surface area contributed by atoms with Crippen molar-refractivity contribution in [2.24, 2.45) is 0 Å². The summed E-state index contributed by atoms with van der Waals surface area (Å²) < 4.78 is 5.31. The van der Waals surface area contributed by atoms with Gasteiger partial charge in [-0.25, -0.2) is 0 Å². The van der Waals surface area contributed by atoms with E-state index in [-0.39, 0.29) is 0 Å². The number of anilines is 1. The number of aryl methyl sites for hydroxylation is 1. The van der Waals surface area contributed by atoms with Gasteiger partial charge < -0.3 is 10.3 Å². The molecule has 2 aromatic heterocycles. The first-order valence-electron chi connectivity index (χ1n) is 6.19. The molecule has 1 aromatic carbocycles. The van der Waals surface area contributed by atoms with Gasteiger partial charge in [0.1, 0.15) is 0 Å². The van der Waals surface area contributed by atoms with Crippen LogP contribution in [0, 0.1) is 6.92 Å². The molecule has 0 aliphatic rings. The number of thioether (sulfide) groups is 1. The van der Waals surface area contributed by atoms with Crippen molar-refractivity contribution < 1.29 is 4.52 Å². The second kappa shape index (κ2) is 6.09. The van der Waals surface area contributed by atoms with E-state index in [9.17, 15) is 0 Å². The summed E-state index contributed by atoms with van der Waals surface area (Å²) in [6, 6.07) is 9.58. The highest BCUT2D eigenvalue weighted by Crippen LogP contribution is 2.33. The second-order valence-electron chi connectivity index (χ2n) is 4.42. The van der Waals surface area contributed by atoms with E-state index in [1.807, 2.05) is 37.3 Å². The van der Waals surface area contributed by atoms with Gasteiger partial charge in [-0.05, 0) is 42.8 Å². The van der Waals surface area contributed by atoms with Crippen molar-refractivity contribution in [2.45, 2.75) is 17.6 Å². The Labute approximate surface area is 135 Å². The molecule has 0 saturated heterocycles. The lowest BCUT2D eigenvalue weighted by molar-refractivity contribution is 0.426. The van der Waals surface area contributed by atoms with Crippen molar-refractivity contribution in [3.63, 3.8) is 0 Å². The molecule has 0 bridgehead atoms. The summed E-state index contributed by atoms with van der Waals surface area (Å²) >= 11 is 8.95. The minimum Gasteiger partial charge on any atom is -0.391 e. The van der Waals surface area contributed by atoms with E-state index in [1.165, 1.54) is 11.3 Å². The van der Waals surface area contributed by atoms with Crippen LogP contribution in [0.25, 0.3) is 10.8 Å². The van der Waals surface area contributed by atoms with Crippen molar-refractivity contribution >= 4 is 39.7 Å². The summed E-state index contributed by atoms with van der Waals surface area (Å²) in [5, 5.41) is 5.49. The van der Waals surface area contributed by atoms with Crippen LogP contribution in [-0.4, -0.2) is 10.1 Å². The van der Waals surface area contributed by atoms with E-state index in [0.717, 1.165) is 25.4 Å². The molecule has 0 fully saturated rings. The van der Waals surface area contributed by atoms with Gasteiger partial charge in [0.05, 0.1) is 15.6 Å². The molecular formula is C14H12ClN3OS2. The SMILES string of the molecule is Cc1cc(N)sc1-c1nc(CSc2ccc(Cl)cc2)no1. The van der Waals surface area contributed by atoms with Crippen LogP contribution in [0.1, 0.15) is 11.4 Å². The first-order valence-corrected chi connectivity index (χ1v) is 8.37. The van der Waals surface area contributed by atoms with Crippen molar-refractivity contribution in [3.05, 3.63) is 46.7 Å². The number of halogens is 1. The molecule has 7 heteroatoms. The number of nitrogens with two attached hydrogens (primary N) is 1.